The first-order chi connectivity index (χ1) is 10.7. The molecular formula is C16H25N3O3. The summed E-state index contributed by atoms with van der Waals surface area (Å²) in [6.45, 7) is 2.95. The van der Waals surface area contributed by atoms with Crippen molar-refractivity contribution in [1.29, 1.82) is 0 Å². The normalized spacial score (nSPS) is 23.5. The molecule has 0 N–H and O–H groups in total. The van der Waals surface area contributed by atoms with Crippen molar-refractivity contribution in [3.8, 4) is 0 Å². The smallest absolute Gasteiger partial charge is 0.272 e. The average Bonchev–Trinajstić information content (AvgIpc) is 2.96. The number of hydrogen-bond donors (Lipinski definition) is 0. The number of likely N-dealkylation sites (tertiary alicyclic amines) is 1. The quantitative estimate of drug-likeness (QED) is 0.773. The minimum absolute atomic E-state index is 0.0889. The van der Waals surface area contributed by atoms with E-state index in [0.29, 0.717) is 25.0 Å². The van der Waals surface area contributed by atoms with E-state index in [-0.39, 0.29) is 11.3 Å². The molecule has 0 bridgehead atoms. The maximum atomic E-state index is 12.5. The molecule has 2 heterocycles. The lowest BCUT2D eigenvalue weighted by Crippen LogP contribution is -2.54. The Morgan fingerprint density at radius 2 is 2.14 bits per heavy atom. The first-order valence-electron chi connectivity index (χ1n) is 8.04. The van der Waals surface area contributed by atoms with Crippen molar-refractivity contribution in [2.45, 2.75) is 31.8 Å². The van der Waals surface area contributed by atoms with Gasteiger partial charge in [-0.1, -0.05) is 0 Å². The SMILES string of the molecule is COCCOC1CCC12CCN(C(=O)c1ccnn1C)CC2. The van der Waals surface area contributed by atoms with E-state index in [1.165, 1.54) is 6.42 Å². The number of hydrogen-bond acceptors (Lipinski definition) is 4. The first kappa shape index (κ1) is 15.5. The maximum Gasteiger partial charge on any atom is 0.272 e. The largest absolute Gasteiger partial charge is 0.382 e. The molecule has 22 heavy (non-hydrogen) atoms. The van der Waals surface area contributed by atoms with Gasteiger partial charge in [-0.15, -0.1) is 0 Å². The minimum Gasteiger partial charge on any atom is -0.382 e. The molecule has 122 valence electrons. The Balaban J connectivity index is 1.54. The van der Waals surface area contributed by atoms with Gasteiger partial charge in [-0.3, -0.25) is 9.48 Å². The number of piperidine rings is 1. The van der Waals surface area contributed by atoms with E-state index in [1.807, 2.05) is 11.9 Å². The highest BCUT2D eigenvalue weighted by Crippen LogP contribution is 2.50. The van der Waals surface area contributed by atoms with Crippen molar-refractivity contribution >= 4 is 5.91 Å². The van der Waals surface area contributed by atoms with E-state index in [0.717, 1.165) is 32.4 Å². The number of methoxy groups -OCH3 is 1. The second-order valence-corrected chi connectivity index (χ2v) is 6.39. The zero-order valence-corrected chi connectivity index (χ0v) is 13.5. The molecule has 0 radical (unpaired) electrons. The van der Waals surface area contributed by atoms with Gasteiger partial charge in [0.2, 0.25) is 0 Å². The highest BCUT2D eigenvalue weighted by Gasteiger charge is 2.49. The fourth-order valence-corrected chi connectivity index (χ4v) is 3.68. The molecule has 1 atom stereocenters. The van der Waals surface area contributed by atoms with Crippen molar-refractivity contribution < 1.29 is 14.3 Å². The van der Waals surface area contributed by atoms with E-state index in [1.54, 1.807) is 24.1 Å². The molecule has 0 aromatic carbocycles. The number of nitrogens with zero attached hydrogens (tertiary/aromatic N) is 3. The summed E-state index contributed by atoms with van der Waals surface area (Å²) in [5.41, 5.74) is 0.953. The summed E-state index contributed by atoms with van der Waals surface area (Å²) in [6, 6.07) is 1.78. The lowest BCUT2D eigenvalue weighted by atomic mass is 9.60. The molecule has 1 aromatic heterocycles. The van der Waals surface area contributed by atoms with Gasteiger partial charge in [0.05, 0.1) is 19.3 Å². The van der Waals surface area contributed by atoms with Crippen LogP contribution in [0.1, 0.15) is 36.2 Å². The monoisotopic (exact) mass is 307 g/mol. The molecule has 6 heteroatoms. The van der Waals surface area contributed by atoms with Gasteiger partial charge in [-0.05, 0) is 31.7 Å². The zero-order chi connectivity index (χ0) is 15.6. The van der Waals surface area contributed by atoms with Crippen LogP contribution in [0.15, 0.2) is 12.3 Å². The number of amides is 1. The third-order valence-electron chi connectivity index (χ3n) is 5.28. The minimum atomic E-state index is 0.0889. The maximum absolute atomic E-state index is 12.5. The molecule has 3 rings (SSSR count). The molecule has 1 saturated heterocycles. The number of ether oxygens (including phenoxy) is 2. The Morgan fingerprint density at radius 3 is 2.68 bits per heavy atom. The van der Waals surface area contributed by atoms with Crippen molar-refractivity contribution in [3.63, 3.8) is 0 Å². The van der Waals surface area contributed by atoms with Gasteiger partial charge < -0.3 is 14.4 Å². The fourth-order valence-electron chi connectivity index (χ4n) is 3.68. The fraction of sp³-hybridized carbons (Fsp3) is 0.750. The van der Waals surface area contributed by atoms with Gasteiger partial charge in [0, 0.05) is 38.9 Å². The molecule has 1 aliphatic heterocycles. The van der Waals surface area contributed by atoms with Crippen molar-refractivity contribution in [2.75, 3.05) is 33.4 Å². The van der Waals surface area contributed by atoms with Crippen LogP contribution in [-0.2, 0) is 16.5 Å². The third-order valence-corrected chi connectivity index (χ3v) is 5.28. The van der Waals surface area contributed by atoms with Gasteiger partial charge in [-0.25, -0.2) is 0 Å². The molecule has 1 unspecified atom stereocenters. The average molecular weight is 307 g/mol. The number of carbonyl (C=O) groups is 1. The highest BCUT2D eigenvalue weighted by atomic mass is 16.5. The molecule has 1 amide bonds. The molecule has 2 aliphatic rings. The van der Waals surface area contributed by atoms with Crippen LogP contribution in [0.2, 0.25) is 0 Å². The van der Waals surface area contributed by atoms with Gasteiger partial charge >= 0.3 is 0 Å². The predicted octanol–water partition coefficient (Wildman–Crippen LogP) is 1.47. The Hall–Kier alpha value is -1.40. The molecule has 6 nitrogen and oxygen atoms in total. The molecule has 1 saturated carbocycles. The molecule has 1 aromatic rings. The summed E-state index contributed by atoms with van der Waals surface area (Å²) in [6.07, 6.45) is 6.45. The van der Waals surface area contributed by atoms with E-state index in [2.05, 4.69) is 5.10 Å². The van der Waals surface area contributed by atoms with Crippen LogP contribution in [0.25, 0.3) is 0 Å². The number of aromatic nitrogens is 2. The lowest BCUT2D eigenvalue weighted by Gasteiger charge is -2.53. The summed E-state index contributed by atoms with van der Waals surface area (Å²) >= 11 is 0. The predicted molar refractivity (Wildman–Crippen MR) is 81.6 cm³/mol. The van der Waals surface area contributed by atoms with E-state index in [4.69, 9.17) is 9.47 Å². The highest BCUT2D eigenvalue weighted by molar-refractivity contribution is 5.92. The summed E-state index contributed by atoms with van der Waals surface area (Å²) in [5.74, 6) is 0.0889. The van der Waals surface area contributed by atoms with Crippen LogP contribution in [0.4, 0.5) is 0 Å². The number of aryl methyl sites for hydroxylation is 1. The van der Waals surface area contributed by atoms with Crippen LogP contribution in [0.5, 0.6) is 0 Å². The second-order valence-electron chi connectivity index (χ2n) is 6.39. The van der Waals surface area contributed by atoms with Gasteiger partial charge in [-0.2, -0.15) is 5.10 Å². The summed E-state index contributed by atoms with van der Waals surface area (Å²) in [5, 5.41) is 4.08. The Labute approximate surface area is 131 Å². The van der Waals surface area contributed by atoms with E-state index in [9.17, 15) is 4.79 Å². The Kier molecular flexibility index (Phi) is 4.49. The zero-order valence-electron chi connectivity index (χ0n) is 13.5. The Bertz CT molecular complexity index is 520. The van der Waals surface area contributed by atoms with Crippen molar-refractivity contribution in [1.82, 2.24) is 14.7 Å². The first-order valence-corrected chi connectivity index (χ1v) is 8.04. The van der Waals surface area contributed by atoms with Crippen LogP contribution >= 0.6 is 0 Å². The summed E-state index contributed by atoms with van der Waals surface area (Å²) < 4.78 is 12.7. The van der Waals surface area contributed by atoms with E-state index >= 15 is 0 Å². The second kappa shape index (κ2) is 6.38. The third kappa shape index (κ3) is 2.77. The van der Waals surface area contributed by atoms with Crippen LogP contribution in [-0.4, -0.2) is 60.1 Å². The standard InChI is InChI=1S/C16H25N3O3/c1-18-13(4-8-17-18)15(20)19-9-6-16(7-10-19)5-3-14(16)22-12-11-21-2/h4,8,14H,3,5-7,9-12H2,1-2H3. The van der Waals surface area contributed by atoms with Gasteiger partial charge in [0.1, 0.15) is 5.69 Å². The van der Waals surface area contributed by atoms with Crippen LogP contribution < -0.4 is 0 Å². The summed E-state index contributed by atoms with van der Waals surface area (Å²) in [4.78, 5) is 14.5. The van der Waals surface area contributed by atoms with Gasteiger partial charge in [0.25, 0.3) is 5.91 Å². The molecule has 1 spiro atoms. The van der Waals surface area contributed by atoms with Gasteiger partial charge in [0.15, 0.2) is 0 Å². The van der Waals surface area contributed by atoms with E-state index < -0.39 is 0 Å². The Morgan fingerprint density at radius 1 is 1.36 bits per heavy atom. The number of rotatable bonds is 5. The van der Waals surface area contributed by atoms with Crippen molar-refractivity contribution in [2.24, 2.45) is 12.5 Å². The number of carbonyl (C=O) groups excluding carboxylic acids is 1. The topological polar surface area (TPSA) is 56.6 Å². The summed E-state index contributed by atoms with van der Waals surface area (Å²) in [7, 11) is 3.51. The molecule has 1 aliphatic carbocycles. The molecule has 2 fully saturated rings. The van der Waals surface area contributed by atoms with Crippen molar-refractivity contribution in [3.05, 3.63) is 18.0 Å². The lowest BCUT2D eigenvalue weighted by molar-refractivity contribution is -0.139. The van der Waals surface area contributed by atoms with Crippen LogP contribution in [0, 0.1) is 5.41 Å². The van der Waals surface area contributed by atoms with Crippen LogP contribution in [0.3, 0.4) is 0 Å². The molecular weight excluding hydrogens is 282 g/mol.